The molecule has 30 heavy (non-hydrogen) atoms. The second-order valence-electron chi connectivity index (χ2n) is 6.86. The van der Waals surface area contributed by atoms with Crippen molar-refractivity contribution < 1.29 is 18.7 Å². The quantitative estimate of drug-likeness (QED) is 0.657. The molecule has 0 radical (unpaired) electrons. The molecule has 0 atom stereocenters. The molecule has 1 aliphatic rings. The van der Waals surface area contributed by atoms with E-state index >= 15 is 0 Å². The van der Waals surface area contributed by atoms with Gasteiger partial charge in [0, 0.05) is 36.9 Å². The molecule has 3 rings (SSSR count). The minimum absolute atomic E-state index is 0.153. The number of rotatable bonds is 7. The van der Waals surface area contributed by atoms with Crippen molar-refractivity contribution in [2.75, 3.05) is 51.2 Å². The summed E-state index contributed by atoms with van der Waals surface area (Å²) in [6, 6.07) is 12.6. The predicted molar refractivity (Wildman–Crippen MR) is 113 cm³/mol. The van der Waals surface area contributed by atoms with E-state index in [0.29, 0.717) is 55.8 Å². The number of ether oxygens (including phenoxy) is 1. The predicted octanol–water partition coefficient (Wildman–Crippen LogP) is 2.82. The highest BCUT2D eigenvalue weighted by atomic mass is 35.5. The van der Waals surface area contributed by atoms with Gasteiger partial charge in [-0.1, -0.05) is 17.7 Å². The molecular weight excluding hydrogens is 411 g/mol. The molecule has 9 heteroatoms. The molecule has 0 bridgehead atoms. The number of carbonyl (C=O) groups excluding carboxylic acids is 2. The zero-order valence-electron chi connectivity index (χ0n) is 16.4. The van der Waals surface area contributed by atoms with Crippen LogP contribution in [0.5, 0.6) is 5.75 Å². The van der Waals surface area contributed by atoms with Gasteiger partial charge < -0.3 is 20.3 Å². The summed E-state index contributed by atoms with van der Waals surface area (Å²) in [7, 11) is 0. The van der Waals surface area contributed by atoms with Gasteiger partial charge in [0.1, 0.15) is 18.2 Å². The van der Waals surface area contributed by atoms with E-state index in [1.54, 1.807) is 29.2 Å². The number of hydrogen-bond acceptors (Lipinski definition) is 4. The summed E-state index contributed by atoms with van der Waals surface area (Å²) < 4.78 is 18.5. The molecule has 7 nitrogen and oxygen atoms in total. The summed E-state index contributed by atoms with van der Waals surface area (Å²) in [5.41, 5.74) is 0.555. The van der Waals surface area contributed by atoms with Crippen LogP contribution in [-0.2, 0) is 4.79 Å². The van der Waals surface area contributed by atoms with Crippen LogP contribution in [0.15, 0.2) is 48.5 Å². The number of piperazine rings is 1. The molecule has 2 aromatic carbocycles. The molecule has 0 unspecified atom stereocenters. The topological polar surface area (TPSA) is 73.9 Å². The normalized spacial score (nSPS) is 14.3. The average molecular weight is 435 g/mol. The van der Waals surface area contributed by atoms with Crippen LogP contribution in [-0.4, -0.2) is 67.6 Å². The summed E-state index contributed by atoms with van der Waals surface area (Å²) in [6.07, 6.45) is 0. The Labute approximate surface area is 179 Å². The zero-order valence-corrected chi connectivity index (χ0v) is 17.2. The Bertz CT molecular complexity index is 858. The molecule has 0 aromatic heterocycles. The fourth-order valence-corrected chi connectivity index (χ4v) is 3.22. The molecule has 1 saturated heterocycles. The average Bonchev–Trinajstić information content (AvgIpc) is 2.73. The maximum absolute atomic E-state index is 12.9. The van der Waals surface area contributed by atoms with Gasteiger partial charge in [-0.2, -0.15) is 0 Å². The van der Waals surface area contributed by atoms with Crippen molar-refractivity contribution in [1.29, 1.82) is 0 Å². The molecule has 160 valence electrons. The lowest BCUT2D eigenvalue weighted by molar-refractivity contribution is -0.117. The van der Waals surface area contributed by atoms with E-state index in [-0.39, 0.29) is 24.3 Å². The number of nitrogens with one attached hydrogen (secondary N) is 2. The monoisotopic (exact) mass is 434 g/mol. The number of halogens is 2. The standard InChI is InChI=1S/C21H24ClFN4O3/c22-16-2-1-3-19(14-16)30-13-8-24-21(29)27-11-9-26(10-12-27)15-20(28)25-18-6-4-17(23)5-7-18/h1-7,14H,8-13,15H2,(H,24,29)(H,25,28). The van der Waals surface area contributed by atoms with E-state index in [1.807, 2.05) is 4.90 Å². The van der Waals surface area contributed by atoms with Gasteiger partial charge in [-0.3, -0.25) is 9.69 Å². The first kappa shape index (κ1) is 21.9. The van der Waals surface area contributed by atoms with Gasteiger partial charge >= 0.3 is 6.03 Å². The van der Waals surface area contributed by atoms with Gasteiger partial charge in [-0.25, -0.2) is 9.18 Å². The molecule has 2 aromatic rings. The number of urea groups is 1. The SMILES string of the molecule is O=C(CN1CCN(C(=O)NCCOc2cccc(Cl)c2)CC1)Nc1ccc(F)cc1. The molecule has 2 N–H and O–H groups in total. The van der Waals surface area contributed by atoms with E-state index < -0.39 is 0 Å². The van der Waals surface area contributed by atoms with Crippen LogP contribution in [0.1, 0.15) is 0 Å². The van der Waals surface area contributed by atoms with E-state index in [4.69, 9.17) is 16.3 Å². The van der Waals surface area contributed by atoms with Crippen molar-refractivity contribution in [1.82, 2.24) is 15.1 Å². The van der Waals surface area contributed by atoms with Crippen LogP contribution >= 0.6 is 11.6 Å². The van der Waals surface area contributed by atoms with Crippen LogP contribution in [0, 0.1) is 5.82 Å². The highest BCUT2D eigenvalue weighted by molar-refractivity contribution is 6.30. The minimum atomic E-state index is -0.349. The lowest BCUT2D eigenvalue weighted by Crippen LogP contribution is -2.53. The molecular formula is C21H24ClFN4O3. The number of carbonyl (C=O) groups is 2. The highest BCUT2D eigenvalue weighted by Gasteiger charge is 2.22. The first-order valence-electron chi connectivity index (χ1n) is 9.68. The molecule has 1 heterocycles. The van der Waals surface area contributed by atoms with Gasteiger partial charge in [-0.15, -0.1) is 0 Å². The Hall–Kier alpha value is -2.84. The third-order valence-electron chi connectivity index (χ3n) is 4.60. The van der Waals surface area contributed by atoms with Gasteiger partial charge in [0.05, 0.1) is 13.1 Å². The number of hydrogen-bond donors (Lipinski definition) is 2. The zero-order chi connectivity index (χ0) is 21.3. The Morgan fingerprint density at radius 1 is 1.07 bits per heavy atom. The molecule has 1 aliphatic heterocycles. The summed E-state index contributed by atoms with van der Waals surface area (Å²) in [5, 5.41) is 6.17. The molecule has 0 aliphatic carbocycles. The van der Waals surface area contributed by atoms with E-state index in [0.717, 1.165) is 0 Å². The van der Waals surface area contributed by atoms with Crippen LogP contribution in [0.2, 0.25) is 5.02 Å². The van der Waals surface area contributed by atoms with Gasteiger partial charge in [-0.05, 0) is 42.5 Å². The smallest absolute Gasteiger partial charge is 0.317 e. The van der Waals surface area contributed by atoms with Crippen molar-refractivity contribution in [3.8, 4) is 5.75 Å². The fourth-order valence-electron chi connectivity index (χ4n) is 3.04. The largest absolute Gasteiger partial charge is 0.492 e. The van der Waals surface area contributed by atoms with Crippen LogP contribution in [0.4, 0.5) is 14.9 Å². The Kier molecular flexibility index (Phi) is 7.87. The summed E-state index contributed by atoms with van der Waals surface area (Å²) in [4.78, 5) is 28.1. The Morgan fingerprint density at radius 2 is 1.80 bits per heavy atom. The summed E-state index contributed by atoms with van der Waals surface area (Å²) in [5.74, 6) is 0.139. The number of anilines is 1. The van der Waals surface area contributed by atoms with E-state index in [9.17, 15) is 14.0 Å². The van der Waals surface area contributed by atoms with Crippen LogP contribution in [0.3, 0.4) is 0 Å². The summed E-state index contributed by atoms with van der Waals surface area (Å²) in [6.45, 7) is 3.21. The van der Waals surface area contributed by atoms with E-state index in [2.05, 4.69) is 10.6 Å². The first-order valence-corrected chi connectivity index (χ1v) is 10.1. The number of amides is 3. The Morgan fingerprint density at radius 3 is 2.50 bits per heavy atom. The van der Waals surface area contributed by atoms with Crippen molar-refractivity contribution in [2.24, 2.45) is 0 Å². The maximum Gasteiger partial charge on any atom is 0.317 e. The third kappa shape index (κ3) is 6.89. The molecule has 3 amide bonds. The second kappa shape index (κ2) is 10.8. The lowest BCUT2D eigenvalue weighted by Gasteiger charge is -2.34. The van der Waals surface area contributed by atoms with Crippen LogP contribution < -0.4 is 15.4 Å². The highest BCUT2D eigenvalue weighted by Crippen LogP contribution is 2.16. The fraction of sp³-hybridized carbons (Fsp3) is 0.333. The maximum atomic E-state index is 12.9. The molecule has 0 saturated carbocycles. The second-order valence-corrected chi connectivity index (χ2v) is 7.29. The van der Waals surface area contributed by atoms with Gasteiger partial charge in [0.15, 0.2) is 0 Å². The van der Waals surface area contributed by atoms with Gasteiger partial charge in [0.2, 0.25) is 5.91 Å². The summed E-state index contributed by atoms with van der Waals surface area (Å²) >= 11 is 5.90. The Balaban J connectivity index is 1.31. The van der Waals surface area contributed by atoms with Gasteiger partial charge in [0.25, 0.3) is 0 Å². The lowest BCUT2D eigenvalue weighted by atomic mass is 10.3. The number of nitrogens with zero attached hydrogens (tertiary/aromatic N) is 2. The van der Waals surface area contributed by atoms with Crippen molar-refractivity contribution in [2.45, 2.75) is 0 Å². The number of benzene rings is 2. The first-order chi connectivity index (χ1) is 14.5. The minimum Gasteiger partial charge on any atom is -0.492 e. The molecule has 1 fully saturated rings. The van der Waals surface area contributed by atoms with Crippen molar-refractivity contribution in [3.63, 3.8) is 0 Å². The van der Waals surface area contributed by atoms with Crippen molar-refractivity contribution >= 4 is 29.2 Å². The molecule has 0 spiro atoms. The van der Waals surface area contributed by atoms with Crippen LogP contribution in [0.25, 0.3) is 0 Å². The third-order valence-corrected chi connectivity index (χ3v) is 4.83. The van der Waals surface area contributed by atoms with Crippen molar-refractivity contribution in [3.05, 3.63) is 59.4 Å². The van der Waals surface area contributed by atoms with E-state index in [1.165, 1.54) is 24.3 Å².